The van der Waals surface area contributed by atoms with Gasteiger partial charge in [-0.05, 0) is 6.42 Å². The summed E-state index contributed by atoms with van der Waals surface area (Å²) < 4.78 is 0. The van der Waals surface area contributed by atoms with E-state index in [0.717, 1.165) is 19.5 Å². The van der Waals surface area contributed by atoms with Crippen molar-refractivity contribution in [2.45, 2.75) is 135 Å². The van der Waals surface area contributed by atoms with Crippen molar-refractivity contribution in [3.8, 4) is 0 Å². The smallest absolute Gasteiger partial charge is 0.220 e. The van der Waals surface area contributed by atoms with Crippen LogP contribution in [0, 0.1) is 0 Å². The number of rotatable bonds is 22. The molecule has 0 aliphatic rings. The second kappa shape index (κ2) is 23.5. The average Bonchev–Trinajstić information content (AvgIpc) is 2.68. The largest absolute Gasteiger partial charge is 0.356 e. The van der Waals surface area contributed by atoms with E-state index in [4.69, 9.17) is 0 Å². The Hall–Kier alpha value is -0.570. The van der Waals surface area contributed by atoms with Crippen molar-refractivity contribution < 1.29 is 10.5 Å². The summed E-state index contributed by atoms with van der Waals surface area (Å²) in [6.07, 6.45) is 27.1. The van der Waals surface area contributed by atoms with Crippen molar-refractivity contribution in [3.05, 3.63) is 0 Å². The number of carbonyl (C=O) groups is 1. The summed E-state index contributed by atoms with van der Waals surface area (Å²) in [6.45, 7) is 3.79. The second-order valence-corrected chi connectivity index (χ2v) is 8.32. The van der Waals surface area contributed by atoms with E-state index in [0.29, 0.717) is 6.42 Å². The van der Waals surface area contributed by atoms with Crippen LogP contribution in [-0.2, 0) is 4.79 Å². The molecule has 0 rings (SSSR count). The Balaban J connectivity index is 3.04. The van der Waals surface area contributed by atoms with Gasteiger partial charge in [0.2, 0.25) is 5.91 Å². The maximum atomic E-state index is 11.4. The minimum atomic E-state index is 0.200. The van der Waals surface area contributed by atoms with E-state index in [1.165, 1.54) is 116 Å². The molecular weight excluding hydrogens is 332 g/mol. The van der Waals surface area contributed by atoms with E-state index in [1.807, 2.05) is 0 Å². The highest BCUT2D eigenvalue weighted by atomic mass is 16.1. The summed E-state index contributed by atoms with van der Waals surface area (Å²) >= 11 is 0. The third-order valence-electron chi connectivity index (χ3n) is 5.51. The third-order valence-corrected chi connectivity index (χ3v) is 5.51. The van der Waals surface area contributed by atoms with E-state index in [-0.39, 0.29) is 5.91 Å². The molecule has 162 valence electrons. The normalized spacial score (nSPS) is 11.0. The molecular formula is C24H51N2O+. The van der Waals surface area contributed by atoms with Crippen molar-refractivity contribution in [1.82, 2.24) is 5.32 Å². The molecule has 4 N–H and O–H groups in total. The Morgan fingerprint density at radius 2 is 0.926 bits per heavy atom. The van der Waals surface area contributed by atoms with Gasteiger partial charge in [-0.15, -0.1) is 0 Å². The minimum absolute atomic E-state index is 0.200. The molecule has 0 unspecified atom stereocenters. The molecule has 0 atom stereocenters. The zero-order chi connectivity index (χ0) is 19.8. The molecule has 1 amide bonds. The fraction of sp³-hybridized carbons (Fsp3) is 0.958. The van der Waals surface area contributed by atoms with Crippen LogP contribution in [0.15, 0.2) is 0 Å². The topological polar surface area (TPSA) is 56.7 Å². The molecule has 0 radical (unpaired) electrons. The van der Waals surface area contributed by atoms with Gasteiger partial charge in [-0.1, -0.05) is 122 Å². The molecule has 0 spiro atoms. The highest BCUT2D eigenvalue weighted by Gasteiger charge is 2.00. The molecule has 0 fully saturated rings. The molecule has 0 saturated heterocycles. The summed E-state index contributed by atoms with van der Waals surface area (Å²) in [5.41, 5.74) is 3.73. The van der Waals surface area contributed by atoms with E-state index < -0.39 is 0 Å². The molecule has 0 aliphatic carbocycles. The van der Waals surface area contributed by atoms with Gasteiger partial charge in [0.25, 0.3) is 0 Å². The summed E-state index contributed by atoms with van der Waals surface area (Å²) in [5, 5.41) is 2.89. The van der Waals surface area contributed by atoms with Crippen LogP contribution in [0.5, 0.6) is 0 Å². The zero-order valence-electron chi connectivity index (χ0n) is 18.7. The van der Waals surface area contributed by atoms with Crippen LogP contribution < -0.4 is 11.1 Å². The Morgan fingerprint density at radius 1 is 0.593 bits per heavy atom. The van der Waals surface area contributed by atoms with Crippen LogP contribution in [0.2, 0.25) is 0 Å². The number of carbonyl (C=O) groups excluding carboxylic acids is 1. The van der Waals surface area contributed by atoms with Crippen LogP contribution in [0.1, 0.15) is 135 Å². The Labute approximate surface area is 170 Å². The number of unbranched alkanes of at least 4 members (excludes halogenated alkanes) is 18. The standard InChI is InChI=1S/C24H50N2O/c1-2-3-4-5-6-7-8-9-10-11-12-13-14-15-16-17-18-19-20-21-24(27)26-23-22-25/h2-23,25H2,1H3,(H,26,27)/p+1. The van der Waals surface area contributed by atoms with Gasteiger partial charge in [-0.2, -0.15) is 0 Å². The molecule has 0 aromatic heterocycles. The Bertz CT molecular complexity index is 294. The lowest BCUT2D eigenvalue weighted by molar-refractivity contribution is -0.364. The van der Waals surface area contributed by atoms with Crippen LogP contribution >= 0.6 is 0 Å². The van der Waals surface area contributed by atoms with E-state index >= 15 is 0 Å². The SMILES string of the molecule is CCCCCCCCCCCCCCCCCCCCCC(=O)NCC[NH3+]. The predicted molar refractivity (Wildman–Crippen MR) is 119 cm³/mol. The van der Waals surface area contributed by atoms with Crippen LogP contribution in [-0.4, -0.2) is 19.0 Å². The van der Waals surface area contributed by atoms with Crippen molar-refractivity contribution in [2.24, 2.45) is 0 Å². The van der Waals surface area contributed by atoms with E-state index in [2.05, 4.69) is 18.0 Å². The van der Waals surface area contributed by atoms with Crippen molar-refractivity contribution in [2.75, 3.05) is 13.1 Å². The fourth-order valence-electron chi connectivity index (χ4n) is 3.68. The monoisotopic (exact) mass is 383 g/mol. The second-order valence-electron chi connectivity index (χ2n) is 8.32. The first-order valence-corrected chi connectivity index (χ1v) is 12.4. The molecule has 0 aromatic carbocycles. The molecule has 0 aromatic rings. The van der Waals surface area contributed by atoms with Crippen LogP contribution in [0.25, 0.3) is 0 Å². The highest BCUT2D eigenvalue weighted by Crippen LogP contribution is 2.14. The molecule has 0 saturated carbocycles. The summed E-state index contributed by atoms with van der Waals surface area (Å²) in [4.78, 5) is 11.4. The zero-order valence-corrected chi connectivity index (χ0v) is 18.7. The lowest BCUT2D eigenvalue weighted by Crippen LogP contribution is -2.54. The van der Waals surface area contributed by atoms with Crippen molar-refractivity contribution in [1.29, 1.82) is 0 Å². The average molecular weight is 384 g/mol. The van der Waals surface area contributed by atoms with Gasteiger partial charge in [0.05, 0.1) is 13.1 Å². The third kappa shape index (κ3) is 23.4. The minimum Gasteiger partial charge on any atom is -0.356 e. The Morgan fingerprint density at radius 3 is 1.26 bits per heavy atom. The molecule has 3 nitrogen and oxygen atoms in total. The quantitative estimate of drug-likeness (QED) is 0.216. The number of amides is 1. The maximum absolute atomic E-state index is 11.4. The number of quaternary nitrogens is 1. The number of nitrogens with one attached hydrogen (secondary N) is 1. The summed E-state index contributed by atoms with van der Waals surface area (Å²) in [5.74, 6) is 0.200. The van der Waals surface area contributed by atoms with Crippen LogP contribution in [0.3, 0.4) is 0 Å². The van der Waals surface area contributed by atoms with Crippen molar-refractivity contribution in [3.63, 3.8) is 0 Å². The lowest BCUT2D eigenvalue weighted by atomic mass is 10.0. The molecule has 27 heavy (non-hydrogen) atoms. The number of hydrogen-bond donors (Lipinski definition) is 2. The summed E-state index contributed by atoms with van der Waals surface area (Å²) in [6, 6.07) is 0. The van der Waals surface area contributed by atoms with Gasteiger partial charge in [0.15, 0.2) is 0 Å². The lowest BCUT2D eigenvalue weighted by Gasteiger charge is -2.04. The fourth-order valence-corrected chi connectivity index (χ4v) is 3.68. The van der Waals surface area contributed by atoms with E-state index in [1.54, 1.807) is 0 Å². The van der Waals surface area contributed by atoms with Crippen molar-refractivity contribution >= 4 is 5.91 Å². The van der Waals surface area contributed by atoms with Crippen LogP contribution in [0.4, 0.5) is 0 Å². The number of hydrogen-bond acceptors (Lipinski definition) is 1. The van der Waals surface area contributed by atoms with Gasteiger partial charge < -0.3 is 11.1 Å². The molecule has 0 aliphatic heterocycles. The first-order valence-electron chi connectivity index (χ1n) is 12.4. The summed E-state index contributed by atoms with van der Waals surface area (Å²) in [7, 11) is 0. The van der Waals surface area contributed by atoms with Gasteiger partial charge in [0.1, 0.15) is 0 Å². The Kier molecular flexibility index (Phi) is 23.0. The first-order chi connectivity index (χ1) is 13.3. The predicted octanol–water partition coefficient (Wildman–Crippen LogP) is 6.17. The van der Waals surface area contributed by atoms with Gasteiger partial charge in [0, 0.05) is 6.42 Å². The van der Waals surface area contributed by atoms with Gasteiger partial charge in [-0.25, -0.2) is 0 Å². The first kappa shape index (κ1) is 26.4. The molecule has 0 heterocycles. The van der Waals surface area contributed by atoms with Gasteiger partial charge in [-0.3, -0.25) is 4.79 Å². The molecule has 0 bridgehead atoms. The molecule has 3 heteroatoms. The van der Waals surface area contributed by atoms with Gasteiger partial charge >= 0.3 is 0 Å². The van der Waals surface area contributed by atoms with E-state index in [9.17, 15) is 4.79 Å². The highest BCUT2D eigenvalue weighted by molar-refractivity contribution is 5.75. The maximum Gasteiger partial charge on any atom is 0.220 e.